The smallest absolute Gasteiger partial charge is 0.321 e. The first-order valence-corrected chi connectivity index (χ1v) is 9.05. The van der Waals surface area contributed by atoms with Gasteiger partial charge in [-0.15, -0.1) is 0 Å². The zero-order valence-corrected chi connectivity index (χ0v) is 15.1. The van der Waals surface area contributed by atoms with E-state index >= 15 is 0 Å². The van der Waals surface area contributed by atoms with E-state index in [0.717, 1.165) is 18.4 Å². The average Bonchev–Trinajstić information content (AvgIpc) is 3.38. The molecule has 0 bridgehead atoms. The Bertz CT molecular complexity index is 732. The van der Waals surface area contributed by atoms with Gasteiger partial charge in [0.25, 0.3) is 5.91 Å². The van der Waals surface area contributed by atoms with Gasteiger partial charge in [0.05, 0.1) is 12.0 Å². The number of esters is 1. The quantitative estimate of drug-likeness (QED) is 0.727. The summed E-state index contributed by atoms with van der Waals surface area (Å²) < 4.78 is 4.98. The zero-order valence-electron chi connectivity index (χ0n) is 15.1. The van der Waals surface area contributed by atoms with Crippen molar-refractivity contribution in [1.82, 2.24) is 15.5 Å². The van der Waals surface area contributed by atoms with Gasteiger partial charge in [0, 0.05) is 19.0 Å². The lowest BCUT2D eigenvalue weighted by Gasteiger charge is -2.25. The monoisotopic (exact) mass is 373 g/mol. The highest BCUT2D eigenvalue weighted by Crippen LogP contribution is 2.28. The first kappa shape index (κ1) is 18.9. The molecule has 144 valence electrons. The molecule has 4 amide bonds. The van der Waals surface area contributed by atoms with Crippen LogP contribution in [0.25, 0.3) is 0 Å². The summed E-state index contributed by atoms with van der Waals surface area (Å²) in [5.74, 6) is -2.04. The first-order chi connectivity index (χ1) is 12.9. The van der Waals surface area contributed by atoms with Gasteiger partial charge in [-0.2, -0.15) is 0 Å². The Morgan fingerprint density at radius 3 is 2.59 bits per heavy atom. The molecular weight excluding hydrogens is 350 g/mol. The summed E-state index contributed by atoms with van der Waals surface area (Å²) in [7, 11) is 0. The van der Waals surface area contributed by atoms with E-state index in [1.165, 1.54) is 0 Å². The van der Waals surface area contributed by atoms with Gasteiger partial charge < -0.3 is 15.0 Å². The second-order valence-corrected chi connectivity index (χ2v) is 6.94. The van der Waals surface area contributed by atoms with Crippen LogP contribution in [0.1, 0.15) is 37.8 Å². The largest absolute Gasteiger partial charge is 0.455 e. The fraction of sp³-hybridized carbons (Fsp3) is 0.474. The molecule has 3 rings (SSSR count). The first-order valence-electron chi connectivity index (χ1n) is 9.05. The molecule has 1 aliphatic heterocycles. The van der Waals surface area contributed by atoms with Crippen molar-refractivity contribution in [2.45, 2.75) is 38.3 Å². The third kappa shape index (κ3) is 5.06. The molecule has 8 nitrogen and oxygen atoms in total. The Morgan fingerprint density at radius 2 is 1.93 bits per heavy atom. The zero-order chi connectivity index (χ0) is 19.4. The number of hydrogen-bond donors (Lipinski definition) is 2. The molecule has 1 aliphatic carbocycles. The fourth-order valence-corrected chi connectivity index (χ4v) is 3.04. The number of ether oxygens (including phenoxy) is 1. The minimum atomic E-state index is -0.694. The van der Waals surface area contributed by atoms with Crippen molar-refractivity contribution >= 4 is 23.8 Å². The lowest BCUT2D eigenvalue weighted by molar-refractivity contribution is -0.152. The van der Waals surface area contributed by atoms with Crippen LogP contribution in [0.3, 0.4) is 0 Å². The molecule has 27 heavy (non-hydrogen) atoms. The Morgan fingerprint density at radius 1 is 1.22 bits per heavy atom. The van der Waals surface area contributed by atoms with Crippen molar-refractivity contribution in [3.63, 3.8) is 0 Å². The van der Waals surface area contributed by atoms with Crippen molar-refractivity contribution in [3.05, 3.63) is 35.9 Å². The SMILES string of the molecule is C[C@@H](c1ccccc1)N1C[C@@H](C(=O)OCC(=O)NC(=O)NC2CC2)CC1=O. The number of urea groups is 1. The predicted molar refractivity (Wildman–Crippen MR) is 95.3 cm³/mol. The molecule has 8 heteroatoms. The molecule has 2 fully saturated rings. The van der Waals surface area contributed by atoms with Gasteiger partial charge in [-0.05, 0) is 25.3 Å². The van der Waals surface area contributed by atoms with Crippen LogP contribution in [0.15, 0.2) is 30.3 Å². The Labute approximate surface area is 157 Å². The number of hydrogen-bond acceptors (Lipinski definition) is 5. The summed E-state index contributed by atoms with van der Waals surface area (Å²) in [4.78, 5) is 49.3. The third-order valence-electron chi connectivity index (χ3n) is 4.75. The molecule has 0 unspecified atom stereocenters. The Hall–Kier alpha value is -2.90. The highest BCUT2D eigenvalue weighted by molar-refractivity contribution is 5.96. The van der Waals surface area contributed by atoms with Gasteiger partial charge in [-0.25, -0.2) is 4.79 Å². The van der Waals surface area contributed by atoms with Crippen LogP contribution in [0.4, 0.5) is 4.79 Å². The van der Waals surface area contributed by atoms with E-state index in [4.69, 9.17) is 4.74 Å². The van der Waals surface area contributed by atoms with Crippen molar-refractivity contribution in [1.29, 1.82) is 0 Å². The molecule has 1 aromatic rings. The van der Waals surface area contributed by atoms with Gasteiger partial charge in [0.1, 0.15) is 0 Å². The lowest BCUT2D eigenvalue weighted by Crippen LogP contribution is -2.42. The highest BCUT2D eigenvalue weighted by Gasteiger charge is 2.38. The minimum absolute atomic E-state index is 0.0553. The normalized spacial score (nSPS) is 20.1. The predicted octanol–water partition coefficient (Wildman–Crippen LogP) is 1.13. The maximum Gasteiger partial charge on any atom is 0.321 e. The van der Waals surface area contributed by atoms with Crippen molar-refractivity contribution in [3.8, 4) is 0 Å². The molecule has 1 aromatic carbocycles. The van der Waals surface area contributed by atoms with Crippen LogP contribution in [0.2, 0.25) is 0 Å². The molecular formula is C19H23N3O5. The molecule has 2 atom stereocenters. The van der Waals surface area contributed by atoms with Crippen molar-refractivity contribution < 1.29 is 23.9 Å². The molecule has 0 radical (unpaired) electrons. The van der Waals surface area contributed by atoms with E-state index in [1.807, 2.05) is 37.3 Å². The number of carbonyl (C=O) groups is 4. The molecule has 2 N–H and O–H groups in total. The summed E-state index contributed by atoms with van der Waals surface area (Å²) in [5, 5.41) is 4.72. The van der Waals surface area contributed by atoms with Crippen LogP contribution in [0, 0.1) is 5.92 Å². The Balaban J connectivity index is 1.45. The second kappa shape index (κ2) is 8.20. The molecule has 1 heterocycles. The van der Waals surface area contributed by atoms with Crippen LogP contribution >= 0.6 is 0 Å². The van der Waals surface area contributed by atoms with Crippen LogP contribution < -0.4 is 10.6 Å². The third-order valence-corrected chi connectivity index (χ3v) is 4.75. The number of amides is 4. The van der Waals surface area contributed by atoms with Gasteiger partial charge in [-0.1, -0.05) is 30.3 Å². The van der Waals surface area contributed by atoms with Gasteiger partial charge in [0.15, 0.2) is 6.61 Å². The standard InChI is InChI=1S/C19H23N3O5/c1-12(13-5-3-2-4-6-13)22-10-14(9-17(22)24)18(25)27-11-16(23)21-19(26)20-15-7-8-15/h2-6,12,14-15H,7-11H2,1H3,(H2,20,21,23,26)/t12-,14-/m0/s1. The van der Waals surface area contributed by atoms with E-state index in [2.05, 4.69) is 10.6 Å². The lowest BCUT2D eigenvalue weighted by atomic mass is 10.1. The van der Waals surface area contributed by atoms with Crippen LogP contribution in [0.5, 0.6) is 0 Å². The van der Waals surface area contributed by atoms with E-state index in [1.54, 1.807) is 4.90 Å². The number of nitrogens with zero attached hydrogens (tertiary/aromatic N) is 1. The van der Waals surface area contributed by atoms with E-state index in [9.17, 15) is 19.2 Å². The number of carbonyl (C=O) groups excluding carboxylic acids is 4. The van der Waals surface area contributed by atoms with Gasteiger partial charge >= 0.3 is 12.0 Å². The summed E-state index contributed by atoms with van der Waals surface area (Å²) in [6, 6.07) is 8.96. The van der Waals surface area contributed by atoms with Crippen LogP contribution in [-0.4, -0.2) is 47.9 Å². The molecule has 0 aromatic heterocycles. The maximum atomic E-state index is 12.3. The number of benzene rings is 1. The number of nitrogens with one attached hydrogen (secondary N) is 2. The topological polar surface area (TPSA) is 105 Å². The minimum Gasteiger partial charge on any atom is -0.455 e. The van der Waals surface area contributed by atoms with Crippen LogP contribution in [-0.2, 0) is 19.1 Å². The summed E-state index contributed by atoms with van der Waals surface area (Å²) in [6.07, 6.45) is 1.87. The summed E-state index contributed by atoms with van der Waals surface area (Å²) in [6.45, 7) is 1.61. The van der Waals surface area contributed by atoms with E-state index in [0.29, 0.717) is 0 Å². The van der Waals surface area contributed by atoms with Crippen molar-refractivity contribution in [2.24, 2.45) is 5.92 Å². The maximum absolute atomic E-state index is 12.3. The van der Waals surface area contributed by atoms with Crippen molar-refractivity contribution in [2.75, 3.05) is 13.2 Å². The molecule has 2 aliphatic rings. The summed E-state index contributed by atoms with van der Waals surface area (Å²) in [5.41, 5.74) is 0.987. The second-order valence-electron chi connectivity index (χ2n) is 6.94. The van der Waals surface area contributed by atoms with Gasteiger partial charge in [-0.3, -0.25) is 19.7 Å². The number of imide groups is 1. The average molecular weight is 373 g/mol. The van der Waals surface area contributed by atoms with Gasteiger partial charge in [0.2, 0.25) is 5.91 Å². The molecule has 1 saturated heterocycles. The molecule has 1 saturated carbocycles. The summed E-state index contributed by atoms with van der Waals surface area (Å²) >= 11 is 0. The highest BCUT2D eigenvalue weighted by atomic mass is 16.5. The fourth-order valence-electron chi connectivity index (χ4n) is 3.04. The van der Waals surface area contributed by atoms with E-state index in [-0.39, 0.29) is 31.0 Å². The number of rotatable bonds is 6. The molecule has 0 spiro atoms. The number of likely N-dealkylation sites (tertiary alicyclic amines) is 1. The Kier molecular flexibility index (Phi) is 5.73. The van der Waals surface area contributed by atoms with E-state index < -0.39 is 30.4 Å².